The number of pyridine rings is 1. The van der Waals surface area contributed by atoms with Crippen LogP contribution < -0.4 is 10.6 Å². The van der Waals surface area contributed by atoms with E-state index in [4.69, 9.17) is 0 Å². The third kappa shape index (κ3) is 4.06. The fraction of sp³-hybridized carbons (Fsp3) is 0.143. The van der Waals surface area contributed by atoms with E-state index in [1.807, 2.05) is 0 Å². The first kappa shape index (κ1) is 13.0. The number of amides is 2. The highest BCUT2D eigenvalue weighted by molar-refractivity contribution is 5.88. The molecule has 0 fully saturated rings. The average Bonchev–Trinajstić information content (AvgIpc) is 2.42. The Morgan fingerprint density at radius 3 is 2.68 bits per heavy atom. The molecule has 1 heterocycles. The first-order valence-electron chi connectivity index (χ1n) is 5.95. The number of halogens is 1. The van der Waals surface area contributed by atoms with Gasteiger partial charge in [0.2, 0.25) is 0 Å². The predicted molar refractivity (Wildman–Crippen MR) is 71.4 cm³/mol. The Kier molecular flexibility index (Phi) is 4.44. The van der Waals surface area contributed by atoms with E-state index >= 15 is 0 Å². The van der Waals surface area contributed by atoms with E-state index in [1.165, 1.54) is 6.07 Å². The molecule has 0 aliphatic rings. The molecule has 4 nitrogen and oxygen atoms in total. The van der Waals surface area contributed by atoms with Gasteiger partial charge in [-0.1, -0.05) is 24.3 Å². The number of rotatable bonds is 4. The third-order valence-corrected chi connectivity index (χ3v) is 2.54. The number of hydrogen-bond donors (Lipinski definition) is 2. The van der Waals surface area contributed by atoms with Gasteiger partial charge in [0.15, 0.2) is 0 Å². The second-order valence-electron chi connectivity index (χ2n) is 3.94. The minimum absolute atomic E-state index is 0.255. The Hall–Kier alpha value is -2.43. The minimum atomic E-state index is -0.352. The molecule has 98 valence electrons. The summed E-state index contributed by atoms with van der Waals surface area (Å²) < 4.78 is 13.3. The van der Waals surface area contributed by atoms with Crippen molar-refractivity contribution in [2.45, 2.75) is 6.42 Å². The van der Waals surface area contributed by atoms with Crippen molar-refractivity contribution in [2.24, 2.45) is 0 Å². The molecule has 0 spiro atoms. The van der Waals surface area contributed by atoms with Crippen LogP contribution in [0.3, 0.4) is 0 Å². The van der Waals surface area contributed by atoms with Crippen LogP contribution in [0.25, 0.3) is 0 Å². The van der Waals surface area contributed by atoms with Gasteiger partial charge in [-0.05, 0) is 30.2 Å². The minimum Gasteiger partial charge on any atom is -0.337 e. The zero-order chi connectivity index (χ0) is 13.5. The second-order valence-corrected chi connectivity index (χ2v) is 3.94. The van der Waals surface area contributed by atoms with E-state index < -0.39 is 0 Å². The SMILES string of the molecule is O=C(NCCc1ccccc1F)Nc1ccccn1. The summed E-state index contributed by atoms with van der Waals surface area (Å²) >= 11 is 0. The van der Waals surface area contributed by atoms with E-state index in [-0.39, 0.29) is 11.8 Å². The van der Waals surface area contributed by atoms with Crippen molar-refractivity contribution in [2.75, 3.05) is 11.9 Å². The highest BCUT2D eigenvalue weighted by Crippen LogP contribution is 2.06. The van der Waals surface area contributed by atoms with Gasteiger partial charge in [-0.25, -0.2) is 14.2 Å². The van der Waals surface area contributed by atoms with Gasteiger partial charge in [-0.15, -0.1) is 0 Å². The standard InChI is InChI=1S/C14H14FN3O/c15-12-6-2-1-5-11(12)8-10-17-14(19)18-13-7-3-4-9-16-13/h1-7,9H,8,10H2,(H2,16,17,18,19). The van der Waals surface area contributed by atoms with Crippen molar-refractivity contribution >= 4 is 11.8 Å². The Morgan fingerprint density at radius 1 is 1.16 bits per heavy atom. The maximum atomic E-state index is 13.3. The summed E-state index contributed by atoms with van der Waals surface area (Å²) in [6.07, 6.45) is 2.04. The zero-order valence-electron chi connectivity index (χ0n) is 10.3. The fourth-order valence-corrected chi connectivity index (χ4v) is 1.61. The summed E-state index contributed by atoms with van der Waals surface area (Å²) in [5.74, 6) is 0.223. The highest BCUT2D eigenvalue weighted by Gasteiger charge is 2.03. The first-order chi connectivity index (χ1) is 9.25. The summed E-state index contributed by atoms with van der Waals surface area (Å²) in [6, 6.07) is 11.4. The molecule has 0 radical (unpaired) electrons. The van der Waals surface area contributed by atoms with Gasteiger partial charge in [0.25, 0.3) is 0 Å². The number of benzene rings is 1. The molecule has 1 aromatic heterocycles. The molecule has 2 amide bonds. The van der Waals surface area contributed by atoms with Gasteiger partial charge in [0, 0.05) is 12.7 Å². The summed E-state index contributed by atoms with van der Waals surface area (Å²) in [4.78, 5) is 15.5. The van der Waals surface area contributed by atoms with E-state index in [0.29, 0.717) is 24.3 Å². The number of aromatic nitrogens is 1. The number of anilines is 1. The molecule has 0 saturated carbocycles. The van der Waals surface area contributed by atoms with Crippen molar-refractivity contribution in [3.8, 4) is 0 Å². The largest absolute Gasteiger partial charge is 0.337 e. The molecule has 2 aromatic rings. The van der Waals surface area contributed by atoms with E-state index in [0.717, 1.165) is 0 Å². The van der Waals surface area contributed by atoms with Crippen molar-refractivity contribution in [1.29, 1.82) is 0 Å². The quantitative estimate of drug-likeness (QED) is 0.886. The van der Waals surface area contributed by atoms with Crippen LogP contribution in [0.1, 0.15) is 5.56 Å². The highest BCUT2D eigenvalue weighted by atomic mass is 19.1. The number of carbonyl (C=O) groups is 1. The molecular formula is C14H14FN3O. The number of carbonyl (C=O) groups excluding carboxylic acids is 1. The molecule has 0 aliphatic heterocycles. The molecule has 5 heteroatoms. The third-order valence-electron chi connectivity index (χ3n) is 2.54. The van der Waals surface area contributed by atoms with Crippen molar-refractivity contribution in [3.63, 3.8) is 0 Å². The lowest BCUT2D eigenvalue weighted by molar-refractivity contribution is 0.252. The molecule has 19 heavy (non-hydrogen) atoms. The second kappa shape index (κ2) is 6.49. The molecule has 0 atom stereocenters. The predicted octanol–water partition coefficient (Wildman–Crippen LogP) is 2.58. The van der Waals surface area contributed by atoms with Gasteiger partial charge >= 0.3 is 6.03 Å². The Bertz CT molecular complexity index is 545. The van der Waals surface area contributed by atoms with E-state index in [9.17, 15) is 9.18 Å². The molecule has 2 rings (SSSR count). The summed E-state index contributed by atoms with van der Waals surface area (Å²) in [5, 5.41) is 5.24. The summed E-state index contributed by atoms with van der Waals surface area (Å²) in [6.45, 7) is 0.361. The molecule has 0 unspecified atom stereocenters. The Labute approximate surface area is 110 Å². The van der Waals surface area contributed by atoms with Gasteiger partial charge in [0.1, 0.15) is 11.6 Å². The smallest absolute Gasteiger partial charge is 0.320 e. The van der Waals surface area contributed by atoms with Crippen LogP contribution in [0.5, 0.6) is 0 Å². The Balaban J connectivity index is 1.77. The number of hydrogen-bond acceptors (Lipinski definition) is 2. The molecular weight excluding hydrogens is 245 g/mol. The van der Waals surface area contributed by atoms with Crippen LogP contribution in [-0.2, 0) is 6.42 Å². The molecule has 0 aliphatic carbocycles. The first-order valence-corrected chi connectivity index (χ1v) is 5.95. The van der Waals surface area contributed by atoms with Crippen molar-refractivity contribution < 1.29 is 9.18 Å². The number of urea groups is 1. The molecule has 1 aromatic carbocycles. The topological polar surface area (TPSA) is 54.0 Å². The average molecular weight is 259 g/mol. The monoisotopic (exact) mass is 259 g/mol. The van der Waals surface area contributed by atoms with Crippen LogP contribution in [0.4, 0.5) is 15.0 Å². The maximum Gasteiger partial charge on any atom is 0.320 e. The number of nitrogens with zero attached hydrogens (tertiary/aromatic N) is 1. The Morgan fingerprint density at radius 2 is 1.95 bits per heavy atom. The molecule has 0 bridgehead atoms. The van der Waals surface area contributed by atoms with Crippen LogP contribution in [0.15, 0.2) is 48.7 Å². The lowest BCUT2D eigenvalue weighted by atomic mass is 10.1. The summed E-state index contributed by atoms with van der Waals surface area (Å²) in [7, 11) is 0. The molecule has 2 N–H and O–H groups in total. The van der Waals surface area contributed by atoms with Crippen LogP contribution >= 0.6 is 0 Å². The normalized spacial score (nSPS) is 9.95. The fourth-order valence-electron chi connectivity index (χ4n) is 1.61. The van der Waals surface area contributed by atoms with Crippen LogP contribution in [-0.4, -0.2) is 17.6 Å². The van der Waals surface area contributed by atoms with Gasteiger partial charge in [0.05, 0.1) is 0 Å². The molecule has 0 saturated heterocycles. The van der Waals surface area contributed by atoms with Crippen LogP contribution in [0.2, 0.25) is 0 Å². The van der Waals surface area contributed by atoms with Gasteiger partial charge < -0.3 is 5.32 Å². The van der Waals surface area contributed by atoms with Crippen molar-refractivity contribution in [1.82, 2.24) is 10.3 Å². The van der Waals surface area contributed by atoms with Crippen molar-refractivity contribution in [3.05, 3.63) is 60.0 Å². The van der Waals surface area contributed by atoms with E-state index in [1.54, 1.807) is 42.6 Å². The van der Waals surface area contributed by atoms with Crippen LogP contribution in [0, 0.1) is 5.82 Å². The zero-order valence-corrected chi connectivity index (χ0v) is 10.3. The lowest BCUT2D eigenvalue weighted by Crippen LogP contribution is -2.30. The lowest BCUT2D eigenvalue weighted by Gasteiger charge is -2.07. The maximum absolute atomic E-state index is 13.3. The summed E-state index contributed by atoms with van der Waals surface area (Å²) in [5.41, 5.74) is 0.584. The van der Waals surface area contributed by atoms with E-state index in [2.05, 4.69) is 15.6 Å². The van der Waals surface area contributed by atoms with Gasteiger partial charge in [-0.3, -0.25) is 5.32 Å². The van der Waals surface area contributed by atoms with Gasteiger partial charge in [-0.2, -0.15) is 0 Å². The number of nitrogens with one attached hydrogen (secondary N) is 2.